The number of benzene rings is 1. The zero-order chi connectivity index (χ0) is 13.0. The van der Waals surface area contributed by atoms with E-state index in [-0.39, 0.29) is 11.4 Å². The molecule has 0 unspecified atom stereocenters. The molecular weight excluding hydrogens is 292 g/mol. The van der Waals surface area contributed by atoms with E-state index in [0.717, 1.165) is 23.9 Å². The maximum atomic E-state index is 11.9. The minimum Gasteiger partial charge on any atom is -0.347 e. The minimum absolute atomic E-state index is 0.129. The van der Waals surface area contributed by atoms with Crippen molar-refractivity contribution in [3.63, 3.8) is 0 Å². The van der Waals surface area contributed by atoms with Crippen molar-refractivity contribution in [3.8, 4) is 0 Å². The van der Waals surface area contributed by atoms with Crippen molar-refractivity contribution in [3.05, 3.63) is 34.3 Å². The van der Waals surface area contributed by atoms with Crippen LogP contribution in [0.1, 0.15) is 31.2 Å². The Morgan fingerprint density at radius 2 is 2.22 bits per heavy atom. The van der Waals surface area contributed by atoms with E-state index in [1.165, 1.54) is 12.0 Å². The van der Waals surface area contributed by atoms with Gasteiger partial charge in [-0.2, -0.15) is 0 Å². The molecule has 3 nitrogen and oxygen atoms in total. The van der Waals surface area contributed by atoms with Crippen LogP contribution in [0.2, 0.25) is 0 Å². The van der Waals surface area contributed by atoms with Crippen LogP contribution in [-0.4, -0.2) is 19.5 Å². The molecule has 0 spiro atoms. The van der Waals surface area contributed by atoms with Crippen LogP contribution < -0.4 is 10.6 Å². The highest BCUT2D eigenvalue weighted by atomic mass is 79.9. The van der Waals surface area contributed by atoms with E-state index >= 15 is 0 Å². The van der Waals surface area contributed by atoms with Gasteiger partial charge >= 0.3 is 0 Å². The maximum Gasteiger partial charge on any atom is 0.221 e. The largest absolute Gasteiger partial charge is 0.347 e. The third-order valence-corrected chi connectivity index (χ3v) is 4.06. The smallest absolute Gasteiger partial charge is 0.221 e. The SMILES string of the molecule is CNCCC(=O)NC1(c2cccc(Br)c2)CCC1. The Labute approximate surface area is 116 Å². The van der Waals surface area contributed by atoms with E-state index in [4.69, 9.17) is 0 Å². The average Bonchev–Trinajstić information content (AvgIpc) is 2.31. The fourth-order valence-electron chi connectivity index (χ4n) is 2.37. The lowest BCUT2D eigenvalue weighted by atomic mass is 9.71. The van der Waals surface area contributed by atoms with Gasteiger partial charge in [-0.05, 0) is 44.0 Å². The van der Waals surface area contributed by atoms with E-state index in [0.29, 0.717) is 6.42 Å². The normalized spacial score (nSPS) is 17.0. The standard InChI is InChI=1S/C14H19BrN2O/c1-16-9-6-13(18)17-14(7-3-8-14)11-4-2-5-12(15)10-11/h2,4-5,10,16H,3,6-9H2,1H3,(H,17,18). The van der Waals surface area contributed by atoms with Crippen molar-refractivity contribution < 1.29 is 4.79 Å². The van der Waals surface area contributed by atoms with E-state index in [2.05, 4.69) is 38.7 Å². The van der Waals surface area contributed by atoms with Crippen LogP contribution in [0.3, 0.4) is 0 Å². The summed E-state index contributed by atoms with van der Waals surface area (Å²) < 4.78 is 1.07. The molecule has 1 aliphatic rings. The quantitative estimate of drug-likeness (QED) is 0.877. The van der Waals surface area contributed by atoms with Crippen LogP contribution in [0, 0.1) is 0 Å². The van der Waals surface area contributed by atoms with Crippen LogP contribution in [0.4, 0.5) is 0 Å². The summed E-state index contributed by atoms with van der Waals surface area (Å²) in [6.45, 7) is 0.723. The number of nitrogens with one attached hydrogen (secondary N) is 2. The molecule has 1 amide bonds. The first-order valence-electron chi connectivity index (χ1n) is 6.38. The highest BCUT2D eigenvalue weighted by Gasteiger charge is 2.39. The molecule has 1 fully saturated rings. The topological polar surface area (TPSA) is 41.1 Å². The van der Waals surface area contributed by atoms with Gasteiger partial charge in [0, 0.05) is 17.4 Å². The van der Waals surface area contributed by atoms with Crippen LogP contribution in [-0.2, 0) is 10.3 Å². The van der Waals surface area contributed by atoms with Gasteiger partial charge in [0.2, 0.25) is 5.91 Å². The summed E-state index contributed by atoms with van der Waals surface area (Å²) in [4.78, 5) is 11.9. The molecule has 1 aromatic rings. The second kappa shape index (κ2) is 5.85. The first kappa shape index (κ1) is 13.6. The fourth-order valence-corrected chi connectivity index (χ4v) is 2.77. The Bertz CT molecular complexity index is 430. The molecule has 0 aromatic heterocycles. The molecule has 1 saturated carbocycles. The molecule has 0 saturated heterocycles. The highest BCUT2D eigenvalue weighted by Crippen LogP contribution is 2.41. The molecule has 1 aliphatic carbocycles. The number of rotatable bonds is 5. The molecule has 18 heavy (non-hydrogen) atoms. The molecule has 2 N–H and O–H groups in total. The summed E-state index contributed by atoms with van der Waals surface area (Å²) in [5.74, 6) is 0.129. The van der Waals surface area contributed by atoms with Gasteiger partial charge in [-0.1, -0.05) is 28.1 Å². The maximum absolute atomic E-state index is 11.9. The van der Waals surface area contributed by atoms with Crippen molar-refractivity contribution >= 4 is 21.8 Å². The van der Waals surface area contributed by atoms with Crippen molar-refractivity contribution in [2.75, 3.05) is 13.6 Å². The van der Waals surface area contributed by atoms with Gasteiger partial charge in [0.25, 0.3) is 0 Å². The van der Waals surface area contributed by atoms with E-state index in [1.807, 2.05) is 19.2 Å². The monoisotopic (exact) mass is 310 g/mol. The summed E-state index contributed by atoms with van der Waals surface area (Å²) in [6.07, 6.45) is 3.79. The molecular formula is C14H19BrN2O. The molecule has 0 bridgehead atoms. The number of carbonyl (C=O) groups is 1. The van der Waals surface area contributed by atoms with Crippen molar-refractivity contribution in [1.29, 1.82) is 0 Å². The van der Waals surface area contributed by atoms with E-state index in [1.54, 1.807) is 0 Å². The Kier molecular flexibility index (Phi) is 4.40. The molecule has 4 heteroatoms. The third-order valence-electron chi connectivity index (χ3n) is 3.57. The summed E-state index contributed by atoms with van der Waals surface area (Å²) in [5, 5.41) is 6.21. The van der Waals surface area contributed by atoms with E-state index in [9.17, 15) is 4.79 Å². The molecule has 0 heterocycles. The summed E-state index contributed by atoms with van der Waals surface area (Å²) in [6, 6.07) is 8.25. The Morgan fingerprint density at radius 1 is 1.44 bits per heavy atom. The lowest BCUT2D eigenvalue weighted by molar-refractivity contribution is -0.124. The predicted molar refractivity (Wildman–Crippen MR) is 76.4 cm³/mol. The van der Waals surface area contributed by atoms with Gasteiger partial charge in [0.05, 0.1) is 5.54 Å². The Morgan fingerprint density at radius 3 is 2.78 bits per heavy atom. The van der Waals surface area contributed by atoms with E-state index < -0.39 is 0 Å². The molecule has 0 aliphatic heterocycles. The van der Waals surface area contributed by atoms with Crippen LogP contribution in [0.15, 0.2) is 28.7 Å². The molecule has 1 aromatic carbocycles. The number of carbonyl (C=O) groups excluding carboxylic acids is 1. The first-order chi connectivity index (χ1) is 8.66. The molecule has 0 atom stereocenters. The summed E-state index contributed by atoms with van der Waals surface area (Å²) >= 11 is 3.49. The van der Waals surface area contributed by atoms with Crippen LogP contribution in [0.25, 0.3) is 0 Å². The number of halogens is 1. The van der Waals surface area contributed by atoms with Gasteiger partial charge in [0.1, 0.15) is 0 Å². The van der Waals surface area contributed by atoms with Gasteiger partial charge < -0.3 is 10.6 Å². The second-order valence-electron chi connectivity index (χ2n) is 4.85. The highest BCUT2D eigenvalue weighted by molar-refractivity contribution is 9.10. The lowest BCUT2D eigenvalue weighted by Gasteiger charge is -2.43. The van der Waals surface area contributed by atoms with Gasteiger partial charge in [0.15, 0.2) is 0 Å². The number of hydrogen-bond acceptors (Lipinski definition) is 2. The number of amides is 1. The Hall–Kier alpha value is -0.870. The average molecular weight is 311 g/mol. The third kappa shape index (κ3) is 2.93. The lowest BCUT2D eigenvalue weighted by Crippen LogP contribution is -2.51. The second-order valence-corrected chi connectivity index (χ2v) is 5.76. The van der Waals surface area contributed by atoms with Gasteiger partial charge in [-0.3, -0.25) is 4.79 Å². The zero-order valence-electron chi connectivity index (χ0n) is 10.6. The minimum atomic E-state index is -0.130. The number of hydrogen-bond donors (Lipinski definition) is 2. The Balaban J connectivity index is 2.09. The van der Waals surface area contributed by atoms with Gasteiger partial charge in [-0.25, -0.2) is 0 Å². The zero-order valence-corrected chi connectivity index (χ0v) is 12.2. The molecule has 98 valence electrons. The van der Waals surface area contributed by atoms with Gasteiger partial charge in [-0.15, -0.1) is 0 Å². The molecule has 2 rings (SSSR count). The molecule has 0 radical (unpaired) electrons. The first-order valence-corrected chi connectivity index (χ1v) is 7.17. The summed E-state index contributed by atoms with van der Waals surface area (Å²) in [5.41, 5.74) is 1.08. The van der Waals surface area contributed by atoms with Crippen LogP contribution >= 0.6 is 15.9 Å². The van der Waals surface area contributed by atoms with Crippen LogP contribution in [0.5, 0.6) is 0 Å². The van der Waals surface area contributed by atoms with Crippen molar-refractivity contribution in [2.45, 2.75) is 31.2 Å². The fraction of sp³-hybridized carbons (Fsp3) is 0.500. The van der Waals surface area contributed by atoms with Crippen molar-refractivity contribution in [2.24, 2.45) is 0 Å². The predicted octanol–water partition coefficient (Wildman–Crippen LogP) is 2.55. The summed E-state index contributed by atoms with van der Waals surface area (Å²) in [7, 11) is 1.86. The van der Waals surface area contributed by atoms with Crippen molar-refractivity contribution in [1.82, 2.24) is 10.6 Å².